The van der Waals surface area contributed by atoms with Gasteiger partial charge in [-0.05, 0) is 49.9 Å². The number of nitrogens with two attached hydrogens (primary N) is 2. The number of rotatable bonds is 6. The van der Waals surface area contributed by atoms with Gasteiger partial charge in [-0.15, -0.1) is 0 Å². The molecule has 5 nitrogen and oxygen atoms in total. The molecule has 1 aliphatic carbocycles. The van der Waals surface area contributed by atoms with E-state index in [1.54, 1.807) is 0 Å². The molecule has 1 amide bonds. The standard InChI is InChI=1S/C15H23N3O2/c16-11-2-1-3-13(10-11)18-12-4-6-14(7-5-12)20-9-8-15(17)19/h4-7,11,13,18H,1-3,8-10,16H2,(H2,17,19). The highest BCUT2D eigenvalue weighted by Crippen LogP contribution is 2.22. The Hall–Kier alpha value is -1.75. The van der Waals surface area contributed by atoms with Crippen molar-refractivity contribution in [2.24, 2.45) is 11.5 Å². The second kappa shape index (κ2) is 7.14. The first-order valence-corrected chi connectivity index (χ1v) is 7.17. The molecule has 110 valence electrons. The van der Waals surface area contributed by atoms with Crippen LogP contribution in [0.1, 0.15) is 32.1 Å². The fourth-order valence-electron chi connectivity index (χ4n) is 2.51. The van der Waals surface area contributed by atoms with Gasteiger partial charge in [0.15, 0.2) is 0 Å². The third-order valence-corrected chi connectivity index (χ3v) is 3.56. The molecule has 0 heterocycles. The monoisotopic (exact) mass is 277 g/mol. The van der Waals surface area contributed by atoms with Gasteiger partial charge in [0.05, 0.1) is 13.0 Å². The number of carbonyl (C=O) groups excluding carboxylic acids is 1. The van der Waals surface area contributed by atoms with Crippen LogP contribution >= 0.6 is 0 Å². The number of anilines is 1. The summed E-state index contributed by atoms with van der Waals surface area (Å²) in [6.07, 6.45) is 4.75. The van der Waals surface area contributed by atoms with E-state index in [4.69, 9.17) is 16.2 Å². The largest absolute Gasteiger partial charge is 0.493 e. The molecule has 0 saturated heterocycles. The fraction of sp³-hybridized carbons (Fsp3) is 0.533. The quantitative estimate of drug-likeness (QED) is 0.737. The lowest BCUT2D eigenvalue weighted by molar-refractivity contribution is -0.118. The van der Waals surface area contributed by atoms with Crippen molar-refractivity contribution in [2.75, 3.05) is 11.9 Å². The van der Waals surface area contributed by atoms with Crippen LogP contribution in [0.4, 0.5) is 5.69 Å². The number of carbonyl (C=O) groups is 1. The first kappa shape index (κ1) is 14.7. The van der Waals surface area contributed by atoms with E-state index in [-0.39, 0.29) is 12.3 Å². The van der Waals surface area contributed by atoms with Gasteiger partial charge in [-0.2, -0.15) is 0 Å². The molecular weight excluding hydrogens is 254 g/mol. The van der Waals surface area contributed by atoms with E-state index in [1.165, 1.54) is 12.8 Å². The van der Waals surface area contributed by atoms with Crippen LogP contribution in [0.2, 0.25) is 0 Å². The number of nitrogens with one attached hydrogen (secondary N) is 1. The summed E-state index contributed by atoms with van der Waals surface area (Å²) in [5.74, 6) is 0.397. The van der Waals surface area contributed by atoms with Crippen molar-refractivity contribution in [1.29, 1.82) is 0 Å². The summed E-state index contributed by atoms with van der Waals surface area (Å²) in [4.78, 5) is 10.6. The summed E-state index contributed by atoms with van der Waals surface area (Å²) in [5.41, 5.74) is 12.1. The van der Waals surface area contributed by atoms with Crippen LogP contribution < -0.4 is 21.5 Å². The molecule has 2 unspecified atom stereocenters. The molecule has 0 aromatic heterocycles. The maximum absolute atomic E-state index is 10.6. The summed E-state index contributed by atoms with van der Waals surface area (Å²) in [7, 11) is 0. The van der Waals surface area contributed by atoms with E-state index < -0.39 is 0 Å². The van der Waals surface area contributed by atoms with E-state index in [9.17, 15) is 4.79 Å². The predicted molar refractivity (Wildman–Crippen MR) is 79.6 cm³/mol. The molecule has 5 heteroatoms. The van der Waals surface area contributed by atoms with Crippen molar-refractivity contribution in [1.82, 2.24) is 0 Å². The van der Waals surface area contributed by atoms with Gasteiger partial charge in [0, 0.05) is 17.8 Å². The van der Waals surface area contributed by atoms with Crippen LogP contribution in [0.25, 0.3) is 0 Å². The number of benzene rings is 1. The van der Waals surface area contributed by atoms with Crippen molar-refractivity contribution >= 4 is 11.6 Å². The SMILES string of the molecule is NC(=O)CCOc1ccc(NC2CCCC(N)C2)cc1. The van der Waals surface area contributed by atoms with Gasteiger partial charge in [0.25, 0.3) is 0 Å². The van der Waals surface area contributed by atoms with Gasteiger partial charge in [-0.25, -0.2) is 0 Å². The van der Waals surface area contributed by atoms with E-state index in [0.29, 0.717) is 18.7 Å². The molecule has 1 aliphatic rings. The van der Waals surface area contributed by atoms with Crippen LogP contribution in [0.5, 0.6) is 5.75 Å². The predicted octanol–water partition coefficient (Wildman–Crippen LogP) is 1.62. The Morgan fingerprint density at radius 2 is 2.05 bits per heavy atom. The highest BCUT2D eigenvalue weighted by atomic mass is 16.5. The van der Waals surface area contributed by atoms with E-state index in [1.807, 2.05) is 24.3 Å². The van der Waals surface area contributed by atoms with E-state index in [2.05, 4.69) is 5.32 Å². The zero-order chi connectivity index (χ0) is 14.4. The summed E-state index contributed by atoms with van der Waals surface area (Å²) >= 11 is 0. The first-order valence-electron chi connectivity index (χ1n) is 7.17. The van der Waals surface area contributed by atoms with Crippen molar-refractivity contribution in [3.8, 4) is 5.75 Å². The molecule has 0 spiro atoms. The van der Waals surface area contributed by atoms with Crippen molar-refractivity contribution < 1.29 is 9.53 Å². The lowest BCUT2D eigenvalue weighted by Crippen LogP contribution is -2.34. The van der Waals surface area contributed by atoms with Gasteiger partial charge in [-0.1, -0.05) is 0 Å². The summed E-state index contributed by atoms with van der Waals surface area (Å²) in [5, 5.41) is 3.50. The Balaban J connectivity index is 1.80. The Kier molecular flexibility index (Phi) is 5.24. The third-order valence-electron chi connectivity index (χ3n) is 3.56. The lowest BCUT2D eigenvalue weighted by Gasteiger charge is -2.28. The summed E-state index contributed by atoms with van der Waals surface area (Å²) in [6.45, 7) is 0.319. The zero-order valence-corrected chi connectivity index (χ0v) is 11.7. The van der Waals surface area contributed by atoms with Crippen LogP contribution in [0, 0.1) is 0 Å². The zero-order valence-electron chi connectivity index (χ0n) is 11.7. The number of primary amides is 1. The fourth-order valence-corrected chi connectivity index (χ4v) is 2.51. The minimum absolute atomic E-state index is 0.236. The molecule has 20 heavy (non-hydrogen) atoms. The van der Waals surface area contributed by atoms with Crippen LogP contribution in [-0.2, 0) is 4.79 Å². The minimum atomic E-state index is -0.350. The van der Waals surface area contributed by atoms with Crippen LogP contribution in [0.3, 0.4) is 0 Å². The lowest BCUT2D eigenvalue weighted by atomic mass is 9.91. The molecule has 0 bridgehead atoms. The maximum atomic E-state index is 10.6. The van der Waals surface area contributed by atoms with Crippen LogP contribution in [0.15, 0.2) is 24.3 Å². The van der Waals surface area contributed by atoms with Gasteiger partial charge in [-0.3, -0.25) is 4.79 Å². The van der Waals surface area contributed by atoms with Crippen molar-refractivity contribution in [2.45, 2.75) is 44.2 Å². The Morgan fingerprint density at radius 1 is 1.30 bits per heavy atom. The number of hydrogen-bond acceptors (Lipinski definition) is 4. The molecule has 1 aromatic carbocycles. The Bertz CT molecular complexity index is 433. The molecule has 5 N–H and O–H groups in total. The van der Waals surface area contributed by atoms with Gasteiger partial charge >= 0.3 is 0 Å². The number of ether oxygens (including phenoxy) is 1. The summed E-state index contributed by atoms with van der Waals surface area (Å²) < 4.78 is 5.43. The molecule has 1 saturated carbocycles. The maximum Gasteiger partial charge on any atom is 0.220 e. The second-order valence-electron chi connectivity index (χ2n) is 5.36. The number of amides is 1. The highest BCUT2D eigenvalue weighted by molar-refractivity contribution is 5.73. The molecule has 1 fully saturated rings. The van der Waals surface area contributed by atoms with Crippen molar-refractivity contribution in [3.63, 3.8) is 0 Å². The molecular formula is C15H23N3O2. The molecule has 2 atom stereocenters. The molecule has 0 aliphatic heterocycles. The smallest absolute Gasteiger partial charge is 0.220 e. The topological polar surface area (TPSA) is 90.4 Å². The highest BCUT2D eigenvalue weighted by Gasteiger charge is 2.18. The van der Waals surface area contributed by atoms with Gasteiger partial charge in [0.1, 0.15) is 5.75 Å². The Morgan fingerprint density at radius 3 is 2.70 bits per heavy atom. The molecule has 1 aromatic rings. The van der Waals surface area contributed by atoms with Gasteiger partial charge in [0.2, 0.25) is 5.91 Å². The minimum Gasteiger partial charge on any atom is -0.493 e. The average molecular weight is 277 g/mol. The number of hydrogen-bond donors (Lipinski definition) is 3. The molecule has 2 rings (SSSR count). The summed E-state index contributed by atoms with van der Waals surface area (Å²) in [6, 6.07) is 8.54. The first-order chi connectivity index (χ1) is 9.63. The van der Waals surface area contributed by atoms with E-state index in [0.717, 1.165) is 24.3 Å². The second-order valence-corrected chi connectivity index (χ2v) is 5.36. The van der Waals surface area contributed by atoms with Crippen LogP contribution in [-0.4, -0.2) is 24.6 Å². The Labute approximate surface area is 119 Å². The van der Waals surface area contributed by atoms with E-state index >= 15 is 0 Å². The van der Waals surface area contributed by atoms with Crippen molar-refractivity contribution in [3.05, 3.63) is 24.3 Å². The average Bonchev–Trinajstić information content (AvgIpc) is 2.40. The third kappa shape index (κ3) is 4.74. The normalized spacial score (nSPS) is 22.2. The molecule has 0 radical (unpaired) electrons. The van der Waals surface area contributed by atoms with Gasteiger partial charge < -0.3 is 21.5 Å².